The number of unbranched alkanes of at least 4 members (excludes halogenated alkanes) is 26. The highest BCUT2D eigenvalue weighted by molar-refractivity contribution is 7.47. The molecule has 0 aliphatic carbocycles. The Morgan fingerprint density at radius 1 is 0.333 bits per heavy atom. The molecule has 0 saturated heterocycles. The molecule has 0 heterocycles. The highest BCUT2D eigenvalue weighted by Gasteiger charge is 2.30. The summed E-state index contributed by atoms with van der Waals surface area (Å²) in [5, 5.41) is 10.5. The van der Waals surface area contributed by atoms with E-state index in [0.717, 1.165) is 114 Å². The molecule has 0 amide bonds. The predicted octanol–water partition coefficient (Wildman–Crippen LogP) is 17.8. The number of carbonyl (C=O) groups excluding carboxylic acids is 4. The lowest BCUT2D eigenvalue weighted by atomic mass is 9.99. The zero-order valence-electron chi connectivity index (χ0n) is 54.5. The Morgan fingerprint density at radius 2 is 0.571 bits per heavy atom. The number of rotatable bonds is 62. The molecule has 0 radical (unpaired) electrons. The number of ether oxygens (including phenoxy) is 4. The molecule has 0 aliphatic rings. The third-order valence-electron chi connectivity index (χ3n) is 15.5. The molecule has 3 N–H and O–H groups in total. The second kappa shape index (κ2) is 55.2. The summed E-state index contributed by atoms with van der Waals surface area (Å²) in [7, 11) is -9.89. The van der Waals surface area contributed by atoms with Crippen molar-refractivity contribution < 1.29 is 80.2 Å². The third-order valence-corrected chi connectivity index (χ3v) is 17.4. The Balaban J connectivity index is 5.26. The van der Waals surface area contributed by atoms with Gasteiger partial charge in [0.25, 0.3) is 0 Å². The molecule has 0 fully saturated rings. The molecule has 17 nitrogen and oxygen atoms in total. The number of hydrogen-bond donors (Lipinski definition) is 3. The minimum Gasteiger partial charge on any atom is -0.462 e. The maximum atomic E-state index is 13.0. The zero-order chi connectivity index (χ0) is 62.5. The molecule has 0 bridgehead atoms. The monoisotopic (exact) mass is 1240 g/mol. The summed E-state index contributed by atoms with van der Waals surface area (Å²) in [6.07, 6.45) is 34.9. The summed E-state index contributed by atoms with van der Waals surface area (Å²) in [6, 6.07) is 0. The van der Waals surface area contributed by atoms with Gasteiger partial charge in [-0.1, -0.05) is 261 Å². The van der Waals surface area contributed by atoms with Crippen LogP contribution in [-0.4, -0.2) is 96.7 Å². The number of carbonyl (C=O) groups is 4. The fraction of sp³-hybridized carbons (Fsp3) is 0.938. The van der Waals surface area contributed by atoms with Gasteiger partial charge in [-0.3, -0.25) is 37.3 Å². The molecular weight excluding hydrogens is 1110 g/mol. The average molecular weight is 1240 g/mol. The first-order valence-electron chi connectivity index (χ1n) is 33.8. The minimum absolute atomic E-state index is 0.102. The van der Waals surface area contributed by atoms with Crippen molar-refractivity contribution in [2.24, 2.45) is 23.7 Å². The van der Waals surface area contributed by atoms with Crippen molar-refractivity contribution in [3.8, 4) is 0 Å². The number of hydrogen-bond acceptors (Lipinski definition) is 15. The van der Waals surface area contributed by atoms with Gasteiger partial charge in [0, 0.05) is 25.7 Å². The van der Waals surface area contributed by atoms with Crippen LogP contribution in [0.1, 0.15) is 312 Å². The number of phosphoric ester groups is 2. The van der Waals surface area contributed by atoms with Crippen molar-refractivity contribution in [1.29, 1.82) is 0 Å². The summed E-state index contributed by atoms with van der Waals surface area (Å²) >= 11 is 0. The van der Waals surface area contributed by atoms with Crippen molar-refractivity contribution in [3.63, 3.8) is 0 Å². The van der Waals surface area contributed by atoms with Crippen LogP contribution in [0.3, 0.4) is 0 Å². The number of aliphatic hydroxyl groups is 1. The standard InChI is InChI=1S/C65H126O17P2/c1-9-57(7)43-35-27-19-14-15-21-31-39-47-64(69)81-60(51-76-63(68)46-38-30-22-16-18-26-34-42-56(5)6)53-79-83(71,72)77-49-59(66)50-78-84(73,74)80-54-61(82-65(70)48-40-32-24-23-28-36-44-58(8)10-2)52-75-62(67)45-37-29-20-13-11-12-17-25-33-41-55(3)4/h55-61,66H,9-54H2,1-8H3,(H,71,72)(H,73,74)/t57?,58?,59?,60-,61-/m1/s1. The number of aliphatic hydroxyl groups excluding tert-OH is 1. The quantitative estimate of drug-likeness (QED) is 0.0222. The molecule has 0 aromatic heterocycles. The van der Waals surface area contributed by atoms with Gasteiger partial charge in [-0.2, -0.15) is 0 Å². The minimum atomic E-state index is -4.95. The van der Waals surface area contributed by atoms with Gasteiger partial charge in [0.05, 0.1) is 26.4 Å². The Morgan fingerprint density at radius 3 is 0.845 bits per heavy atom. The first kappa shape index (κ1) is 82.1. The van der Waals surface area contributed by atoms with E-state index in [1.54, 1.807) is 0 Å². The SMILES string of the molecule is CCC(C)CCCCCCCCCCC(=O)O[C@H](COC(=O)CCCCCCCCCC(C)C)COP(=O)(O)OCC(O)COP(=O)(O)OC[C@@H](COC(=O)CCCCCCCCCCCC(C)C)OC(=O)CCCCCCCCC(C)CC. The van der Waals surface area contributed by atoms with Crippen LogP contribution in [0.4, 0.5) is 0 Å². The Labute approximate surface area is 511 Å². The highest BCUT2D eigenvalue weighted by Crippen LogP contribution is 2.45. The molecule has 7 atom stereocenters. The van der Waals surface area contributed by atoms with Crippen LogP contribution in [0.15, 0.2) is 0 Å². The molecule has 0 aromatic carbocycles. The molecular formula is C65H126O17P2. The van der Waals surface area contributed by atoms with E-state index in [4.69, 9.17) is 37.0 Å². The number of phosphoric acid groups is 2. The van der Waals surface area contributed by atoms with Crippen molar-refractivity contribution in [2.45, 2.75) is 331 Å². The molecule has 19 heteroatoms. The molecule has 0 rings (SSSR count). The maximum absolute atomic E-state index is 13.0. The van der Waals surface area contributed by atoms with E-state index in [1.165, 1.54) is 109 Å². The van der Waals surface area contributed by atoms with Crippen molar-refractivity contribution in [1.82, 2.24) is 0 Å². The van der Waals surface area contributed by atoms with E-state index >= 15 is 0 Å². The van der Waals surface area contributed by atoms with Crippen LogP contribution >= 0.6 is 15.6 Å². The Kier molecular flexibility index (Phi) is 53.9. The van der Waals surface area contributed by atoms with Crippen molar-refractivity contribution in [2.75, 3.05) is 39.6 Å². The molecule has 498 valence electrons. The largest absolute Gasteiger partial charge is 0.472 e. The third kappa shape index (κ3) is 56.6. The van der Waals surface area contributed by atoms with E-state index in [0.29, 0.717) is 31.6 Å². The van der Waals surface area contributed by atoms with E-state index in [9.17, 15) is 43.2 Å². The van der Waals surface area contributed by atoms with Gasteiger partial charge in [0.1, 0.15) is 19.3 Å². The number of esters is 4. The second-order valence-corrected chi connectivity index (χ2v) is 27.8. The van der Waals surface area contributed by atoms with Gasteiger partial charge in [0.15, 0.2) is 12.2 Å². The smallest absolute Gasteiger partial charge is 0.462 e. The van der Waals surface area contributed by atoms with Gasteiger partial charge in [-0.15, -0.1) is 0 Å². The Hall–Kier alpha value is -1.94. The van der Waals surface area contributed by atoms with Gasteiger partial charge in [-0.25, -0.2) is 9.13 Å². The second-order valence-electron chi connectivity index (χ2n) is 24.9. The van der Waals surface area contributed by atoms with E-state index in [-0.39, 0.29) is 25.7 Å². The fourth-order valence-electron chi connectivity index (χ4n) is 9.54. The van der Waals surface area contributed by atoms with Gasteiger partial charge >= 0.3 is 39.5 Å². The summed E-state index contributed by atoms with van der Waals surface area (Å²) in [4.78, 5) is 72.3. The van der Waals surface area contributed by atoms with Crippen LogP contribution in [0.5, 0.6) is 0 Å². The lowest BCUT2D eigenvalue weighted by molar-refractivity contribution is -0.161. The lowest BCUT2D eigenvalue weighted by Crippen LogP contribution is -2.30. The summed E-state index contributed by atoms with van der Waals surface area (Å²) in [5.41, 5.74) is 0. The molecule has 0 spiro atoms. The normalized spacial score (nSPS) is 15.1. The highest BCUT2D eigenvalue weighted by atomic mass is 31.2. The van der Waals surface area contributed by atoms with E-state index < -0.39 is 97.5 Å². The van der Waals surface area contributed by atoms with Crippen molar-refractivity contribution >= 4 is 39.5 Å². The van der Waals surface area contributed by atoms with Crippen LogP contribution in [0.2, 0.25) is 0 Å². The maximum Gasteiger partial charge on any atom is 0.472 e. The van der Waals surface area contributed by atoms with Crippen molar-refractivity contribution in [3.05, 3.63) is 0 Å². The molecule has 0 saturated carbocycles. The van der Waals surface area contributed by atoms with Crippen LogP contribution in [0, 0.1) is 23.7 Å². The predicted molar refractivity (Wildman–Crippen MR) is 335 cm³/mol. The van der Waals surface area contributed by atoms with E-state index in [2.05, 4.69) is 55.4 Å². The fourth-order valence-corrected chi connectivity index (χ4v) is 11.1. The molecule has 0 aromatic rings. The van der Waals surface area contributed by atoms with Crippen LogP contribution in [0.25, 0.3) is 0 Å². The summed E-state index contributed by atoms with van der Waals surface area (Å²) in [6.45, 7) is 14.0. The topological polar surface area (TPSA) is 237 Å². The van der Waals surface area contributed by atoms with E-state index in [1.807, 2.05) is 0 Å². The first-order chi connectivity index (χ1) is 40.2. The summed E-state index contributed by atoms with van der Waals surface area (Å²) in [5.74, 6) is 0.797. The Bertz CT molecular complexity index is 1680. The van der Waals surface area contributed by atoms with Gasteiger partial charge in [0.2, 0.25) is 0 Å². The molecule has 0 aliphatic heterocycles. The lowest BCUT2D eigenvalue weighted by Gasteiger charge is -2.21. The van der Waals surface area contributed by atoms with Gasteiger partial charge in [-0.05, 0) is 49.4 Å². The molecule has 5 unspecified atom stereocenters. The zero-order valence-corrected chi connectivity index (χ0v) is 56.3. The van der Waals surface area contributed by atoms with Crippen LogP contribution in [-0.2, 0) is 65.4 Å². The average Bonchev–Trinajstić information content (AvgIpc) is 3.51. The van der Waals surface area contributed by atoms with Crippen LogP contribution < -0.4 is 0 Å². The first-order valence-corrected chi connectivity index (χ1v) is 36.8. The summed E-state index contributed by atoms with van der Waals surface area (Å²) < 4.78 is 68.0. The molecule has 84 heavy (non-hydrogen) atoms. The van der Waals surface area contributed by atoms with Gasteiger partial charge < -0.3 is 33.8 Å².